The molecule has 2 aliphatic heterocycles. The molecule has 1 fully saturated rings. The van der Waals surface area contributed by atoms with Crippen LogP contribution in [0, 0.1) is 5.92 Å². The third kappa shape index (κ3) is 4.89. The van der Waals surface area contributed by atoms with Crippen molar-refractivity contribution < 1.29 is 28.2 Å². The molecule has 0 spiro atoms. The summed E-state index contributed by atoms with van der Waals surface area (Å²) in [5.74, 6) is 2.44. The molecule has 8 heteroatoms. The van der Waals surface area contributed by atoms with Gasteiger partial charge in [-0.15, -0.1) is 0 Å². The van der Waals surface area contributed by atoms with E-state index >= 15 is 0 Å². The molecule has 188 valence electrons. The van der Waals surface area contributed by atoms with Gasteiger partial charge >= 0.3 is 0 Å². The minimum absolute atomic E-state index is 0.0175. The van der Waals surface area contributed by atoms with Gasteiger partial charge in [-0.3, -0.25) is 9.59 Å². The van der Waals surface area contributed by atoms with Crippen LogP contribution in [0.2, 0.25) is 0 Å². The van der Waals surface area contributed by atoms with Gasteiger partial charge in [0.2, 0.25) is 6.79 Å². The van der Waals surface area contributed by atoms with Gasteiger partial charge < -0.3 is 28.4 Å². The van der Waals surface area contributed by atoms with E-state index in [4.69, 9.17) is 18.6 Å². The molecule has 1 aromatic heterocycles. The van der Waals surface area contributed by atoms with Gasteiger partial charge in [-0.25, -0.2) is 0 Å². The molecule has 0 aliphatic carbocycles. The van der Waals surface area contributed by atoms with E-state index in [0.29, 0.717) is 42.3 Å². The van der Waals surface area contributed by atoms with Crippen molar-refractivity contribution in [3.05, 3.63) is 77.7 Å². The number of rotatable bonds is 7. The summed E-state index contributed by atoms with van der Waals surface area (Å²) in [6.07, 6.45) is 3.78. The Morgan fingerprint density at radius 1 is 1.06 bits per heavy atom. The number of amides is 2. The molecular weight excluding hydrogens is 460 g/mol. The van der Waals surface area contributed by atoms with Crippen LogP contribution in [0.1, 0.15) is 39.3 Å². The van der Waals surface area contributed by atoms with Crippen LogP contribution in [0.4, 0.5) is 0 Å². The lowest BCUT2D eigenvalue weighted by Gasteiger charge is -2.40. The van der Waals surface area contributed by atoms with Crippen molar-refractivity contribution in [2.75, 3.05) is 34.0 Å². The Balaban J connectivity index is 1.31. The number of furan rings is 1. The Kier molecular flexibility index (Phi) is 6.84. The zero-order valence-electron chi connectivity index (χ0n) is 20.5. The topological polar surface area (TPSA) is 81.5 Å². The molecule has 0 saturated carbocycles. The number of likely N-dealkylation sites (tertiary alicyclic amines) is 1. The van der Waals surface area contributed by atoms with Gasteiger partial charge in [0.15, 0.2) is 17.3 Å². The highest BCUT2D eigenvalue weighted by molar-refractivity contribution is 5.95. The van der Waals surface area contributed by atoms with E-state index in [2.05, 4.69) is 6.07 Å². The summed E-state index contributed by atoms with van der Waals surface area (Å²) in [5, 5.41) is 0. The van der Waals surface area contributed by atoms with Crippen molar-refractivity contribution in [2.45, 2.75) is 25.3 Å². The van der Waals surface area contributed by atoms with E-state index < -0.39 is 0 Å². The number of likely N-dealkylation sites (N-methyl/N-ethyl adjacent to an activating group) is 1. The highest BCUT2D eigenvalue weighted by Crippen LogP contribution is 2.34. The molecule has 3 aromatic rings. The third-order valence-corrected chi connectivity index (χ3v) is 7.12. The summed E-state index contributed by atoms with van der Waals surface area (Å²) in [6, 6.07) is 16.6. The summed E-state index contributed by atoms with van der Waals surface area (Å²) >= 11 is 0. The molecule has 3 heterocycles. The Hall–Kier alpha value is -3.94. The first-order chi connectivity index (χ1) is 17.5. The molecule has 0 N–H and O–H groups in total. The monoisotopic (exact) mass is 490 g/mol. The highest BCUT2D eigenvalue weighted by atomic mass is 16.7. The number of hydrogen-bond donors (Lipinski definition) is 0. The second-order valence-electron chi connectivity index (χ2n) is 9.21. The Morgan fingerprint density at radius 2 is 1.86 bits per heavy atom. The maximum Gasteiger partial charge on any atom is 0.289 e. The van der Waals surface area contributed by atoms with Crippen molar-refractivity contribution in [1.29, 1.82) is 0 Å². The van der Waals surface area contributed by atoms with Gasteiger partial charge in [0.1, 0.15) is 5.75 Å². The van der Waals surface area contributed by atoms with Crippen LogP contribution >= 0.6 is 0 Å². The number of carbonyl (C=O) groups excluding carboxylic acids is 2. The number of piperidine rings is 1. The molecule has 5 rings (SSSR count). The minimum Gasteiger partial charge on any atom is -0.497 e. The van der Waals surface area contributed by atoms with Crippen molar-refractivity contribution in [2.24, 2.45) is 5.92 Å². The Bertz CT molecular complexity index is 1220. The van der Waals surface area contributed by atoms with Gasteiger partial charge in [-0.05, 0) is 73.2 Å². The molecule has 2 aliphatic rings. The Labute approximate surface area is 210 Å². The van der Waals surface area contributed by atoms with Gasteiger partial charge in [0.25, 0.3) is 11.8 Å². The maximum atomic E-state index is 13.2. The number of hydrogen-bond acceptors (Lipinski definition) is 6. The average Bonchev–Trinajstić information content (AvgIpc) is 3.63. The lowest BCUT2D eigenvalue weighted by molar-refractivity contribution is 0.0504. The number of methoxy groups -OCH3 is 1. The van der Waals surface area contributed by atoms with Crippen molar-refractivity contribution in [3.8, 4) is 17.2 Å². The van der Waals surface area contributed by atoms with E-state index in [0.717, 1.165) is 24.2 Å². The Morgan fingerprint density at radius 3 is 2.61 bits per heavy atom. The van der Waals surface area contributed by atoms with Gasteiger partial charge in [-0.1, -0.05) is 12.1 Å². The fourth-order valence-corrected chi connectivity index (χ4v) is 5.08. The SMILES string of the molecule is COc1cccc(CC(C2CCN(C(=O)c3ccc4c(c3)OCO4)CC2)N(C)C(=O)c2ccco2)c1. The van der Waals surface area contributed by atoms with E-state index in [-0.39, 0.29) is 30.6 Å². The van der Waals surface area contributed by atoms with Gasteiger partial charge in [-0.2, -0.15) is 0 Å². The predicted octanol–water partition coefficient (Wildman–Crippen LogP) is 4.25. The van der Waals surface area contributed by atoms with Crippen LogP contribution in [-0.2, 0) is 6.42 Å². The summed E-state index contributed by atoms with van der Waals surface area (Å²) in [4.78, 5) is 30.0. The van der Waals surface area contributed by atoms with Crippen LogP contribution in [0.3, 0.4) is 0 Å². The minimum atomic E-state index is -0.147. The largest absolute Gasteiger partial charge is 0.497 e. The van der Waals surface area contributed by atoms with E-state index in [9.17, 15) is 9.59 Å². The molecule has 0 bridgehead atoms. The van der Waals surface area contributed by atoms with Crippen LogP contribution in [-0.4, -0.2) is 61.7 Å². The summed E-state index contributed by atoms with van der Waals surface area (Å²) < 4.78 is 21.6. The number of ether oxygens (including phenoxy) is 3. The fourth-order valence-electron chi connectivity index (χ4n) is 5.08. The first kappa shape index (κ1) is 23.8. The lowest BCUT2D eigenvalue weighted by Crippen LogP contribution is -2.48. The molecule has 1 unspecified atom stereocenters. The predicted molar refractivity (Wildman–Crippen MR) is 132 cm³/mol. The summed E-state index contributed by atoms with van der Waals surface area (Å²) in [5.41, 5.74) is 1.69. The van der Waals surface area contributed by atoms with E-state index in [1.54, 1.807) is 42.3 Å². The van der Waals surface area contributed by atoms with E-state index in [1.807, 2.05) is 30.1 Å². The van der Waals surface area contributed by atoms with Crippen LogP contribution in [0.25, 0.3) is 0 Å². The van der Waals surface area contributed by atoms with Crippen molar-refractivity contribution in [1.82, 2.24) is 9.80 Å². The molecule has 2 amide bonds. The number of fused-ring (bicyclic) bond motifs is 1. The molecule has 8 nitrogen and oxygen atoms in total. The summed E-state index contributed by atoms with van der Waals surface area (Å²) in [6.45, 7) is 1.42. The molecule has 36 heavy (non-hydrogen) atoms. The second-order valence-corrected chi connectivity index (χ2v) is 9.21. The molecule has 0 radical (unpaired) electrons. The quantitative estimate of drug-likeness (QED) is 0.493. The average molecular weight is 491 g/mol. The normalized spacial score (nSPS) is 16.0. The summed E-state index contributed by atoms with van der Waals surface area (Å²) in [7, 11) is 3.48. The van der Waals surface area contributed by atoms with Crippen LogP contribution in [0.15, 0.2) is 65.3 Å². The van der Waals surface area contributed by atoms with Gasteiger partial charge in [0, 0.05) is 31.7 Å². The molecule has 1 atom stereocenters. The lowest BCUT2D eigenvalue weighted by atomic mass is 9.84. The van der Waals surface area contributed by atoms with E-state index in [1.165, 1.54) is 6.26 Å². The molecule has 2 aromatic carbocycles. The second kappa shape index (κ2) is 10.4. The third-order valence-electron chi connectivity index (χ3n) is 7.12. The van der Waals surface area contributed by atoms with Crippen molar-refractivity contribution >= 4 is 11.8 Å². The van der Waals surface area contributed by atoms with Crippen LogP contribution in [0.5, 0.6) is 17.2 Å². The number of nitrogens with zero attached hydrogens (tertiary/aromatic N) is 2. The zero-order valence-corrected chi connectivity index (χ0v) is 20.5. The fraction of sp³-hybridized carbons (Fsp3) is 0.357. The smallest absolute Gasteiger partial charge is 0.289 e. The first-order valence-electron chi connectivity index (χ1n) is 12.2. The maximum absolute atomic E-state index is 13.2. The molecule has 1 saturated heterocycles. The standard InChI is InChI=1S/C28H30N2O6/c1-29(28(32)25-7-4-14-34-25)23(16-19-5-3-6-22(15-19)33-2)20-10-12-30(13-11-20)27(31)21-8-9-24-26(17-21)36-18-35-24/h3-9,14-15,17,20,23H,10-13,16,18H2,1-2H3. The number of benzene rings is 2. The molecular formula is C28H30N2O6. The zero-order chi connectivity index (χ0) is 25.1. The highest BCUT2D eigenvalue weighted by Gasteiger charge is 2.34. The van der Waals surface area contributed by atoms with Crippen molar-refractivity contribution in [3.63, 3.8) is 0 Å². The first-order valence-corrected chi connectivity index (χ1v) is 12.2. The van der Waals surface area contributed by atoms with Crippen LogP contribution < -0.4 is 14.2 Å². The number of carbonyl (C=O) groups is 2. The van der Waals surface area contributed by atoms with Gasteiger partial charge in [0.05, 0.1) is 13.4 Å².